The average Bonchev–Trinajstić information content (AvgIpc) is 2.87. The molecular weight excluding hydrogens is 382 g/mol. The van der Waals surface area contributed by atoms with Crippen molar-refractivity contribution in [2.75, 3.05) is 11.1 Å². The van der Waals surface area contributed by atoms with Gasteiger partial charge in [0.15, 0.2) is 10.7 Å². The second kappa shape index (κ2) is 8.07. The van der Waals surface area contributed by atoms with Gasteiger partial charge in [-0.3, -0.25) is 14.9 Å². The Kier molecular flexibility index (Phi) is 6.31. The molecule has 0 atom stereocenters. The van der Waals surface area contributed by atoms with Crippen LogP contribution in [0.1, 0.15) is 19.5 Å². The number of aryl methyl sites for hydroxylation is 1. The number of nitrogens with two attached hydrogens (primary N) is 1. The minimum atomic E-state index is -1.10. The minimum absolute atomic E-state index is 0.168. The molecule has 0 saturated heterocycles. The van der Waals surface area contributed by atoms with Gasteiger partial charge in [0.05, 0.1) is 15.7 Å². The van der Waals surface area contributed by atoms with E-state index in [2.05, 4.69) is 10.3 Å². The number of ether oxygens (including phenoxy) is 1. The number of thioether (sulfide) groups is 1. The number of halogens is 1. The summed E-state index contributed by atoms with van der Waals surface area (Å²) in [5.74, 6) is -0.0252. The molecule has 0 unspecified atom stereocenters. The van der Waals surface area contributed by atoms with Gasteiger partial charge in [-0.25, -0.2) is 4.98 Å². The van der Waals surface area contributed by atoms with E-state index in [1.54, 1.807) is 38.1 Å². The molecule has 1 aromatic heterocycles. The van der Waals surface area contributed by atoms with E-state index in [0.717, 1.165) is 9.90 Å². The molecule has 25 heavy (non-hydrogen) atoms. The molecule has 1 aromatic carbocycles. The molecule has 2 rings (SSSR count). The molecule has 1 heterocycles. The molecule has 0 aliphatic heterocycles. The van der Waals surface area contributed by atoms with Crippen LogP contribution in [-0.2, 0) is 9.59 Å². The van der Waals surface area contributed by atoms with Gasteiger partial charge >= 0.3 is 0 Å². The van der Waals surface area contributed by atoms with E-state index in [1.165, 1.54) is 23.1 Å². The molecule has 0 radical (unpaired) electrons. The van der Waals surface area contributed by atoms with E-state index >= 15 is 0 Å². The van der Waals surface area contributed by atoms with Gasteiger partial charge in [-0.05, 0) is 45.0 Å². The highest BCUT2D eigenvalue weighted by Gasteiger charge is 2.31. The van der Waals surface area contributed by atoms with Crippen LogP contribution in [0.15, 0.2) is 28.5 Å². The number of thiazole rings is 1. The Labute approximate surface area is 159 Å². The number of primary amides is 1. The third kappa shape index (κ3) is 5.62. The highest BCUT2D eigenvalue weighted by atomic mass is 35.5. The molecule has 9 heteroatoms. The first kappa shape index (κ1) is 19.6. The Morgan fingerprint density at radius 3 is 2.60 bits per heavy atom. The molecule has 0 fully saturated rings. The van der Waals surface area contributed by atoms with Crippen molar-refractivity contribution in [1.29, 1.82) is 0 Å². The molecule has 0 bridgehead atoms. The van der Waals surface area contributed by atoms with Gasteiger partial charge in [-0.15, -0.1) is 11.8 Å². The SMILES string of the molecule is Cc1nc(NC(=O)C(C)(C)Oc2ccc(Cl)cc2)sc1SCC(N)=O. The van der Waals surface area contributed by atoms with Crippen LogP contribution in [0, 0.1) is 6.92 Å². The molecular formula is C16H18ClN3O3S2. The zero-order valence-electron chi connectivity index (χ0n) is 14.0. The van der Waals surface area contributed by atoms with Gasteiger partial charge < -0.3 is 10.5 Å². The van der Waals surface area contributed by atoms with E-state index in [4.69, 9.17) is 22.1 Å². The molecule has 0 aliphatic carbocycles. The number of rotatable bonds is 7. The number of aromatic nitrogens is 1. The Morgan fingerprint density at radius 2 is 2.00 bits per heavy atom. The summed E-state index contributed by atoms with van der Waals surface area (Å²) in [7, 11) is 0. The van der Waals surface area contributed by atoms with Crippen molar-refractivity contribution in [3.05, 3.63) is 35.0 Å². The lowest BCUT2D eigenvalue weighted by Gasteiger charge is -2.24. The third-order valence-electron chi connectivity index (χ3n) is 3.05. The molecule has 2 amide bonds. The molecule has 0 spiro atoms. The number of carbonyl (C=O) groups excluding carboxylic acids is 2. The van der Waals surface area contributed by atoms with E-state index in [0.29, 0.717) is 15.9 Å². The molecule has 6 nitrogen and oxygen atoms in total. The summed E-state index contributed by atoms with van der Waals surface area (Å²) >= 11 is 8.44. The molecule has 3 N–H and O–H groups in total. The van der Waals surface area contributed by atoms with Crippen molar-refractivity contribution < 1.29 is 14.3 Å². The van der Waals surface area contributed by atoms with Gasteiger partial charge in [0.25, 0.3) is 5.91 Å². The second-order valence-electron chi connectivity index (χ2n) is 5.67. The summed E-state index contributed by atoms with van der Waals surface area (Å²) < 4.78 is 6.59. The average molecular weight is 400 g/mol. The van der Waals surface area contributed by atoms with Crippen LogP contribution < -0.4 is 15.8 Å². The van der Waals surface area contributed by atoms with Crippen molar-refractivity contribution in [1.82, 2.24) is 4.98 Å². The van der Waals surface area contributed by atoms with Crippen LogP contribution in [0.4, 0.5) is 5.13 Å². The lowest BCUT2D eigenvalue weighted by Crippen LogP contribution is -2.42. The zero-order valence-corrected chi connectivity index (χ0v) is 16.3. The Balaban J connectivity index is 2.03. The maximum atomic E-state index is 12.5. The van der Waals surface area contributed by atoms with Crippen LogP contribution in [0.2, 0.25) is 5.02 Å². The summed E-state index contributed by atoms with van der Waals surface area (Å²) in [4.78, 5) is 27.7. The first-order valence-corrected chi connectivity index (χ1v) is 9.50. The number of nitrogens with one attached hydrogen (secondary N) is 1. The lowest BCUT2D eigenvalue weighted by atomic mass is 10.1. The standard InChI is InChI=1S/C16H18ClN3O3S2/c1-9-13(24-8-12(18)21)25-15(19-9)20-14(22)16(2,3)23-11-6-4-10(17)5-7-11/h4-7H,8H2,1-3H3,(H2,18,21)(H,19,20,22). The van der Waals surface area contributed by atoms with Crippen molar-refractivity contribution >= 4 is 51.6 Å². The fraction of sp³-hybridized carbons (Fsp3) is 0.312. The van der Waals surface area contributed by atoms with Gasteiger partial charge in [0, 0.05) is 5.02 Å². The summed E-state index contributed by atoms with van der Waals surface area (Å²) in [6.07, 6.45) is 0. The van der Waals surface area contributed by atoms with Gasteiger partial charge in [0.2, 0.25) is 5.91 Å². The highest BCUT2D eigenvalue weighted by Crippen LogP contribution is 2.32. The largest absolute Gasteiger partial charge is 0.478 e. The summed E-state index contributed by atoms with van der Waals surface area (Å²) in [5, 5.41) is 3.79. The maximum absolute atomic E-state index is 12.5. The number of hydrogen-bond donors (Lipinski definition) is 2. The van der Waals surface area contributed by atoms with Crippen LogP contribution in [0.25, 0.3) is 0 Å². The minimum Gasteiger partial charge on any atom is -0.478 e. The van der Waals surface area contributed by atoms with Crippen molar-refractivity contribution in [2.24, 2.45) is 5.73 Å². The second-order valence-corrected chi connectivity index (χ2v) is 8.35. The van der Waals surface area contributed by atoms with Crippen LogP contribution in [0.3, 0.4) is 0 Å². The monoisotopic (exact) mass is 399 g/mol. The van der Waals surface area contributed by atoms with E-state index in [1.807, 2.05) is 6.92 Å². The maximum Gasteiger partial charge on any atom is 0.269 e. The normalized spacial score (nSPS) is 11.2. The Morgan fingerprint density at radius 1 is 1.36 bits per heavy atom. The lowest BCUT2D eigenvalue weighted by molar-refractivity contribution is -0.128. The number of anilines is 1. The fourth-order valence-electron chi connectivity index (χ4n) is 1.80. The van der Waals surface area contributed by atoms with Crippen LogP contribution in [0.5, 0.6) is 5.75 Å². The molecule has 2 aromatic rings. The van der Waals surface area contributed by atoms with E-state index in [-0.39, 0.29) is 11.7 Å². The molecule has 0 saturated carbocycles. The first-order chi connectivity index (χ1) is 11.7. The van der Waals surface area contributed by atoms with Crippen molar-refractivity contribution in [3.63, 3.8) is 0 Å². The topological polar surface area (TPSA) is 94.3 Å². The first-order valence-electron chi connectivity index (χ1n) is 7.32. The van der Waals surface area contributed by atoms with Crippen molar-refractivity contribution in [2.45, 2.75) is 30.6 Å². The number of amides is 2. The quantitative estimate of drug-likeness (QED) is 0.695. The smallest absolute Gasteiger partial charge is 0.269 e. The predicted octanol–water partition coefficient (Wildman–Crippen LogP) is 3.48. The van der Waals surface area contributed by atoms with Crippen LogP contribution >= 0.6 is 34.7 Å². The molecule has 0 aliphatic rings. The number of hydrogen-bond acceptors (Lipinski definition) is 6. The number of benzene rings is 1. The predicted molar refractivity (Wildman–Crippen MR) is 102 cm³/mol. The summed E-state index contributed by atoms with van der Waals surface area (Å²) in [6, 6.07) is 6.78. The number of nitrogens with zero attached hydrogens (tertiary/aromatic N) is 1. The molecule has 134 valence electrons. The van der Waals surface area contributed by atoms with Gasteiger partial charge in [0.1, 0.15) is 5.75 Å². The highest BCUT2D eigenvalue weighted by molar-refractivity contribution is 8.01. The third-order valence-corrected chi connectivity index (χ3v) is 5.76. The van der Waals surface area contributed by atoms with Crippen molar-refractivity contribution in [3.8, 4) is 5.75 Å². The van der Waals surface area contributed by atoms with E-state index in [9.17, 15) is 9.59 Å². The summed E-state index contributed by atoms with van der Waals surface area (Å²) in [6.45, 7) is 5.14. The van der Waals surface area contributed by atoms with Gasteiger partial charge in [-0.2, -0.15) is 0 Å². The number of carbonyl (C=O) groups is 2. The zero-order chi connectivity index (χ0) is 18.6. The fourth-order valence-corrected chi connectivity index (χ4v) is 3.80. The van der Waals surface area contributed by atoms with Crippen LogP contribution in [-0.4, -0.2) is 28.2 Å². The van der Waals surface area contributed by atoms with E-state index < -0.39 is 11.5 Å². The van der Waals surface area contributed by atoms with Gasteiger partial charge in [-0.1, -0.05) is 22.9 Å². The Bertz CT molecular complexity index is 775. The Hall–Kier alpha value is -1.77. The summed E-state index contributed by atoms with van der Waals surface area (Å²) in [5.41, 5.74) is 4.78.